The molecule has 0 fully saturated rings. The molecule has 2 amide bonds. The number of carbonyl (C=O) groups is 3. The Morgan fingerprint density at radius 2 is 1.89 bits per heavy atom. The number of aryl methyl sites for hydroxylation is 1. The van der Waals surface area contributed by atoms with Crippen LogP contribution in [0.3, 0.4) is 0 Å². The largest absolute Gasteiger partial charge is 0.468 e. The molecule has 1 aromatic heterocycles. The molecule has 0 bridgehead atoms. The van der Waals surface area contributed by atoms with Crippen LogP contribution in [-0.4, -0.2) is 31.4 Å². The summed E-state index contributed by atoms with van der Waals surface area (Å²) in [6.07, 6.45) is 0. The van der Waals surface area contributed by atoms with Crippen molar-refractivity contribution < 1.29 is 27.9 Å². The second-order valence-electron chi connectivity index (χ2n) is 5.99. The van der Waals surface area contributed by atoms with E-state index in [0.717, 1.165) is 0 Å². The van der Waals surface area contributed by atoms with E-state index in [0.29, 0.717) is 22.2 Å². The number of nitrogens with one attached hydrogen (secondary N) is 2. The van der Waals surface area contributed by atoms with E-state index in [1.165, 1.54) is 37.4 Å². The zero-order valence-corrected chi connectivity index (χ0v) is 15.2. The minimum absolute atomic E-state index is 0.0566. The number of hydrogen-bond donors (Lipinski definition) is 2. The van der Waals surface area contributed by atoms with Gasteiger partial charge in [0.1, 0.15) is 17.9 Å². The summed E-state index contributed by atoms with van der Waals surface area (Å²) in [6, 6.07) is 10.2. The van der Waals surface area contributed by atoms with Gasteiger partial charge in [-0.1, -0.05) is 6.07 Å². The fourth-order valence-corrected chi connectivity index (χ4v) is 2.66. The monoisotopic (exact) mass is 384 g/mol. The molecule has 0 saturated heterocycles. The maximum atomic E-state index is 13.4. The number of rotatable bonds is 5. The lowest BCUT2D eigenvalue weighted by molar-refractivity contribution is -0.139. The fourth-order valence-electron chi connectivity index (χ4n) is 2.66. The molecule has 0 aliphatic carbocycles. The van der Waals surface area contributed by atoms with E-state index in [1.54, 1.807) is 19.1 Å². The van der Waals surface area contributed by atoms with Gasteiger partial charge in [-0.15, -0.1) is 0 Å². The van der Waals surface area contributed by atoms with E-state index in [1.807, 2.05) is 0 Å². The highest BCUT2D eigenvalue weighted by Crippen LogP contribution is 2.26. The van der Waals surface area contributed by atoms with Gasteiger partial charge in [-0.25, -0.2) is 4.39 Å². The lowest BCUT2D eigenvalue weighted by atomic mass is 10.1. The molecule has 3 rings (SSSR count). The summed E-state index contributed by atoms with van der Waals surface area (Å²) in [5.74, 6) is -1.96. The number of anilines is 1. The van der Waals surface area contributed by atoms with Crippen molar-refractivity contribution in [3.8, 4) is 0 Å². The number of benzene rings is 2. The van der Waals surface area contributed by atoms with Crippen LogP contribution in [0, 0.1) is 12.7 Å². The van der Waals surface area contributed by atoms with Crippen LogP contribution in [0.5, 0.6) is 0 Å². The van der Waals surface area contributed by atoms with Crippen LogP contribution >= 0.6 is 0 Å². The number of halogens is 1. The predicted octanol–water partition coefficient (Wildman–Crippen LogP) is 3.04. The van der Waals surface area contributed by atoms with Crippen LogP contribution < -0.4 is 10.6 Å². The van der Waals surface area contributed by atoms with Crippen molar-refractivity contribution in [3.05, 3.63) is 65.2 Å². The lowest BCUT2D eigenvalue weighted by Crippen LogP contribution is -2.30. The Hall–Kier alpha value is -3.68. The van der Waals surface area contributed by atoms with Crippen molar-refractivity contribution in [1.29, 1.82) is 0 Å². The van der Waals surface area contributed by atoms with E-state index >= 15 is 0 Å². The molecule has 0 aliphatic heterocycles. The maximum absolute atomic E-state index is 13.4. The zero-order chi connectivity index (χ0) is 20.3. The summed E-state index contributed by atoms with van der Waals surface area (Å²) < 4.78 is 23.4. The van der Waals surface area contributed by atoms with E-state index in [9.17, 15) is 18.8 Å². The van der Waals surface area contributed by atoms with E-state index in [4.69, 9.17) is 4.42 Å². The Bertz CT molecular complexity index is 1070. The highest BCUT2D eigenvalue weighted by atomic mass is 19.1. The molecule has 1 heterocycles. The van der Waals surface area contributed by atoms with E-state index < -0.39 is 23.6 Å². The van der Waals surface area contributed by atoms with Gasteiger partial charge in [0.05, 0.1) is 7.11 Å². The molecule has 0 unspecified atom stereocenters. The van der Waals surface area contributed by atoms with Crippen LogP contribution in [0.4, 0.5) is 10.1 Å². The number of amides is 2. The quantitative estimate of drug-likeness (QED) is 0.659. The zero-order valence-electron chi connectivity index (χ0n) is 15.2. The summed E-state index contributed by atoms with van der Waals surface area (Å²) in [6.45, 7) is 1.40. The van der Waals surface area contributed by atoms with Crippen molar-refractivity contribution in [3.63, 3.8) is 0 Å². The lowest BCUT2D eigenvalue weighted by Gasteiger charge is -2.07. The minimum atomic E-state index is -0.574. The molecule has 0 radical (unpaired) electrons. The van der Waals surface area contributed by atoms with Gasteiger partial charge in [0.2, 0.25) is 0 Å². The van der Waals surface area contributed by atoms with Crippen molar-refractivity contribution >= 4 is 34.4 Å². The Labute approximate surface area is 159 Å². The van der Waals surface area contributed by atoms with Crippen molar-refractivity contribution in [2.24, 2.45) is 0 Å². The van der Waals surface area contributed by atoms with Gasteiger partial charge in [-0.2, -0.15) is 0 Å². The van der Waals surface area contributed by atoms with Crippen molar-refractivity contribution in [1.82, 2.24) is 5.32 Å². The molecule has 0 atom stereocenters. The van der Waals surface area contributed by atoms with Gasteiger partial charge in [-0.05, 0) is 43.3 Å². The summed E-state index contributed by atoms with van der Waals surface area (Å²) in [5, 5.41) is 5.58. The molecular weight excluding hydrogens is 367 g/mol. The standard InChI is InChI=1S/C20H17FN2O5/c1-11-15-9-13(21)6-7-16(15)28-18(11)20(26)23-14-5-3-4-12(8-14)19(25)22-10-17(24)27-2/h3-9H,10H2,1-2H3,(H,22,25)(H,23,26). The first-order chi connectivity index (χ1) is 13.4. The number of hydrogen-bond acceptors (Lipinski definition) is 5. The average molecular weight is 384 g/mol. The third kappa shape index (κ3) is 4.01. The molecule has 0 aliphatic rings. The normalized spacial score (nSPS) is 10.5. The molecule has 8 heteroatoms. The third-order valence-electron chi connectivity index (χ3n) is 4.11. The van der Waals surface area contributed by atoms with Gasteiger partial charge >= 0.3 is 5.97 Å². The fraction of sp³-hybridized carbons (Fsp3) is 0.150. The van der Waals surface area contributed by atoms with Gasteiger partial charge in [0.25, 0.3) is 11.8 Å². The average Bonchev–Trinajstić information content (AvgIpc) is 3.02. The molecule has 3 aromatic rings. The number of methoxy groups -OCH3 is 1. The molecule has 144 valence electrons. The first-order valence-corrected chi connectivity index (χ1v) is 8.34. The van der Waals surface area contributed by atoms with E-state index in [2.05, 4.69) is 15.4 Å². The smallest absolute Gasteiger partial charge is 0.325 e. The summed E-state index contributed by atoms with van der Waals surface area (Å²) >= 11 is 0. The van der Waals surface area contributed by atoms with Crippen LogP contribution in [0.2, 0.25) is 0 Å². The van der Waals surface area contributed by atoms with Gasteiger partial charge in [0.15, 0.2) is 5.76 Å². The Balaban J connectivity index is 1.77. The third-order valence-corrected chi connectivity index (χ3v) is 4.11. The molecule has 0 spiro atoms. The van der Waals surface area contributed by atoms with Gasteiger partial charge < -0.3 is 19.8 Å². The van der Waals surface area contributed by atoms with Crippen LogP contribution in [-0.2, 0) is 9.53 Å². The Morgan fingerprint density at radius 1 is 1.11 bits per heavy atom. The number of carbonyl (C=O) groups excluding carboxylic acids is 3. The first-order valence-electron chi connectivity index (χ1n) is 8.34. The maximum Gasteiger partial charge on any atom is 0.325 e. The second-order valence-corrected chi connectivity index (χ2v) is 5.99. The first kappa shape index (κ1) is 19.1. The van der Waals surface area contributed by atoms with Crippen LogP contribution in [0.15, 0.2) is 46.9 Å². The number of fused-ring (bicyclic) bond motifs is 1. The Kier molecular flexibility index (Phi) is 5.39. The summed E-state index contributed by atoms with van der Waals surface area (Å²) in [7, 11) is 1.22. The number of furan rings is 1. The van der Waals surface area contributed by atoms with Crippen LogP contribution in [0.1, 0.15) is 26.5 Å². The SMILES string of the molecule is COC(=O)CNC(=O)c1cccc(NC(=O)c2oc3ccc(F)cc3c2C)c1. The molecule has 2 aromatic carbocycles. The van der Waals surface area contributed by atoms with Crippen LogP contribution in [0.25, 0.3) is 11.0 Å². The summed E-state index contributed by atoms with van der Waals surface area (Å²) in [5.41, 5.74) is 1.53. The second kappa shape index (κ2) is 7.91. The summed E-state index contributed by atoms with van der Waals surface area (Å²) in [4.78, 5) is 35.8. The van der Waals surface area contributed by atoms with Gasteiger partial charge in [0, 0.05) is 22.2 Å². The predicted molar refractivity (Wildman–Crippen MR) is 99.7 cm³/mol. The van der Waals surface area contributed by atoms with Gasteiger partial charge in [-0.3, -0.25) is 14.4 Å². The van der Waals surface area contributed by atoms with E-state index in [-0.39, 0.29) is 17.9 Å². The highest BCUT2D eigenvalue weighted by Gasteiger charge is 2.18. The minimum Gasteiger partial charge on any atom is -0.468 e. The number of ether oxygens (including phenoxy) is 1. The highest BCUT2D eigenvalue weighted by molar-refractivity contribution is 6.07. The Morgan fingerprint density at radius 3 is 2.64 bits per heavy atom. The molecule has 0 saturated carbocycles. The molecule has 2 N–H and O–H groups in total. The number of esters is 1. The van der Waals surface area contributed by atoms with Crippen molar-refractivity contribution in [2.75, 3.05) is 19.0 Å². The van der Waals surface area contributed by atoms with Crippen molar-refractivity contribution in [2.45, 2.75) is 6.92 Å². The molecule has 28 heavy (non-hydrogen) atoms. The molecular formula is C20H17FN2O5. The topological polar surface area (TPSA) is 97.6 Å². The molecule has 7 nitrogen and oxygen atoms in total.